The van der Waals surface area contributed by atoms with E-state index in [2.05, 4.69) is 18.7 Å². The fourth-order valence-corrected chi connectivity index (χ4v) is 2.48. The van der Waals surface area contributed by atoms with E-state index in [1.165, 1.54) is 10.5 Å². The summed E-state index contributed by atoms with van der Waals surface area (Å²) in [5.74, 6) is 0. The van der Waals surface area contributed by atoms with Crippen LogP contribution >= 0.6 is 23.4 Å². The second-order valence-corrected chi connectivity index (χ2v) is 5.19. The van der Waals surface area contributed by atoms with E-state index in [9.17, 15) is 0 Å². The van der Waals surface area contributed by atoms with Crippen molar-refractivity contribution in [3.8, 4) is 0 Å². The van der Waals surface area contributed by atoms with Gasteiger partial charge < -0.3 is 0 Å². The van der Waals surface area contributed by atoms with Crippen LogP contribution in [0.5, 0.6) is 0 Å². The Bertz CT molecular complexity index is 436. The lowest BCUT2D eigenvalue weighted by Crippen LogP contribution is -1.96. The SMILES string of the molecule is CC(Sc1ccc(Cl)cc1)C1=C=CC=C1. The largest absolute Gasteiger partial charge is 0.118 e. The van der Waals surface area contributed by atoms with Crippen LogP contribution in [-0.2, 0) is 0 Å². The molecule has 0 aromatic heterocycles. The lowest BCUT2D eigenvalue weighted by molar-refractivity contribution is 1.18. The summed E-state index contributed by atoms with van der Waals surface area (Å²) in [7, 11) is 0. The number of halogens is 1. The molecule has 0 N–H and O–H groups in total. The molecule has 0 bridgehead atoms. The summed E-state index contributed by atoms with van der Waals surface area (Å²) < 4.78 is 0. The summed E-state index contributed by atoms with van der Waals surface area (Å²) in [5, 5.41) is 1.22. The Morgan fingerprint density at radius 3 is 2.60 bits per heavy atom. The van der Waals surface area contributed by atoms with Crippen LogP contribution in [0.4, 0.5) is 0 Å². The third-order valence-corrected chi connectivity index (χ3v) is 3.59. The molecule has 1 aromatic carbocycles. The molecule has 0 nitrogen and oxygen atoms in total. The Labute approximate surface area is 99.3 Å². The van der Waals surface area contributed by atoms with Crippen LogP contribution in [0.2, 0.25) is 5.02 Å². The Hall–Kier alpha value is -0.880. The van der Waals surface area contributed by atoms with Crippen LogP contribution in [0.15, 0.2) is 58.7 Å². The predicted molar refractivity (Wildman–Crippen MR) is 67.5 cm³/mol. The summed E-state index contributed by atoms with van der Waals surface area (Å²) in [4.78, 5) is 1.24. The molecular formula is C13H11ClS. The lowest BCUT2D eigenvalue weighted by Gasteiger charge is -2.09. The van der Waals surface area contributed by atoms with Gasteiger partial charge in [-0.05, 0) is 43.3 Å². The van der Waals surface area contributed by atoms with Crippen molar-refractivity contribution in [2.75, 3.05) is 0 Å². The maximum atomic E-state index is 5.83. The molecule has 0 saturated heterocycles. The molecule has 0 radical (unpaired) electrons. The van der Waals surface area contributed by atoms with E-state index in [1.54, 1.807) is 0 Å². The van der Waals surface area contributed by atoms with E-state index in [0.29, 0.717) is 5.25 Å². The zero-order chi connectivity index (χ0) is 10.7. The maximum absolute atomic E-state index is 5.83. The molecule has 0 aliphatic heterocycles. The second-order valence-electron chi connectivity index (χ2n) is 3.34. The monoisotopic (exact) mass is 234 g/mol. The van der Waals surface area contributed by atoms with E-state index in [4.69, 9.17) is 11.6 Å². The first-order chi connectivity index (χ1) is 7.25. The molecule has 1 unspecified atom stereocenters. The van der Waals surface area contributed by atoms with Crippen molar-refractivity contribution in [3.05, 3.63) is 58.8 Å². The van der Waals surface area contributed by atoms with E-state index in [-0.39, 0.29) is 0 Å². The summed E-state index contributed by atoms with van der Waals surface area (Å²) in [5.41, 5.74) is 4.47. The van der Waals surface area contributed by atoms with E-state index in [1.807, 2.05) is 48.2 Å². The average molecular weight is 235 g/mol. The summed E-state index contributed by atoms with van der Waals surface area (Å²) in [6.45, 7) is 2.19. The van der Waals surface area contributed by atoms with Gasteiger partial charge in [-0.2, -0.15) is 0 Å². The van der Waals surface area contributed by atoms with Crippen molar-refractivity contribution in [2.24, 2.45) is 0 Å². The zero-order valence-corrected chi connectivity index (χ0v) is 9.98. The fourth-order valence-electron chi connectivity index (χ4n) is 1.38. The van der Waals surface area contributed by atoms with Gasteiger partial charge in [-0.1, -0.05) is 17.7 Å². The third-order valence-electron chi connectivity index (χ3n) is 2.19. The van der Waals surface area contributed by atoms with Gasteiger partial charge in [-0.3, -0.25) is 0 Å². The van der Waals surface area contributed by atoms with Crippen molar-refractivity contribution >= 4 is 23.4 Å². The number of rotatable bonds is 3. The summed E-state index contributed by atoms with van der Waals surface area (Å²) in [6.07, 6.45) is 6.08. The first-order valence-corrected chi connectivity index (χ1v) is 6.07. The Morgan fingerprint density at radius 2 is 2.00 bits per heavy atom. The molecule has 1 aliphatic rings. The number of hydrogen-bond donors (Lipinski definition) is 0. The number of hydrogen-bond acceptors (Lipinski definition) is 1. The van der Waals surface area contributed by atoms with Crippen molar-refractivity contribution in [1.82, 2.24) is 0 Å². The van der Waals surface area contributed by atoms with Gasteiger partial charge in [0, 0.05) is 20.7 Å². The van der Waals surface area contributed by atoms with E-state index < -0.39 is 0 Å². The van der Waals surface area contributed by atoms with Crippen molar-refractivity contribution in [2.45, 2.75) is 17.1 Å². The van der Waals surface area contributed by atoms with Gasteiger partial charge in [0.15, 0.2) is 0 Å². The quantitative estimate of drug-likeness (QED) is 0.549. The molecule has 0 spiro atoms. The Kier molecular flexibility index (Phi) is 3.37. The first-order valence-electron chi connectivity index (χ1n) is 4.81. The van der Waals surface area contributed by atoms with Crippen LogP contribution in [0.1, 0.15) is 6.92 Å². The van der Waals surface area contributed by atoms with Crippen LogP contribution in [0, 0.1) is 0 Å². The lowest BCUT2D eigenvalue weighted by atomic mass is 10.2. The number of thioether (sulfide) groups is 1. The molecule has 0 amide bonds. The highest BCUT2D eigenvalue weighted by Crippen LogP contribution is 2.29. The average Bonchev–Trinajstić information content (AvgIpc) is 2.74. The topological polar surface area (TPSA) is 0 Å². The molecule has 1 atom stereocenters. The van der Waals surface area contributed by atoms with Gasteiger partial charge in [0.1, 0.15) is 0 Å². The van der Waals surface area contributed by atoms with Crippen molar-refractivity contribution in [1.29, 1.82) is 0 Å². The second kappa shape index (κ2) is 4.76. The summed E-state index contributed by atoms with van der Waals surface area (Å²) in [6, 6.07) is 7.94. The highest BCUT2D eigenvalue weighted by molar-refractivity contribution is 8.00. The Morgan fingerprint density at radius 1 is 1.27 bits per heavy atom. The van der Waals surface area contributed by atoms with Gasteiger partial charge >= 0.3 is 0 Å². The maximum Gasteiger partial charge on any atom is 0.0406 e. The molecule has 76 valence electrons. The minimum atomic E-state index is 0.432. The van der Waals surface area contributed by atoms with Gasteiger partial charge in [-0.25, -0.2) is 0 Å². The minimum Gasteiger partial charge on any atom is -0.118 e. The normalized spacial score (nSPS) is 15.5. The number of benzene rings is 1. The van der Waals surface area contributed by atoms with E-state index in [0.717, 1.165) is 5.02 Å². The molecule has 1 aliphatic carbocycles. The van der Waals surface area contributed by atoms with Crippen LogP contribution < -0.4 is 0 Å². The van der Waals surface area contributed by atoms with Crippen LogP contribution in [0.3, 0.4) is 0 Å². The van der Waals surface area contributed by atoms with Gasteiger partial charge in [-0.15, -0.1) is 17.5 Å². The van der Waals surface area contributed by atoms with Crippen LogP contribution in [0.25, 0.3) is 0 Å². The van der Waals surface area contributed by atoms with Gasteiger partial charge in [0.25, 0.3) is 0 Å². The molecule has 2 rings (SSSR count). The van der Waals surface area contributed by atoms with Gasteiger partial charge in [0.2, 0.25) is 0 Å². The highest BCUT2D eigenvalue weighted by Gasteiger charge is 2.08. The fraction of sp³-hybridized carbons (Fsp3) is 0.154. The van der Waals surface area contributed by atoms with Gasteiger partial charge in [0.05, 0.1) is 0 Å². The molecule has 15 heavy (non-hydrogen) atoms. The summed E-state index contributed by atoms with van der Waals surface area (Å²) >= 11 is 7.65. The standard InChI is InChI=1S/C13H11ClS/c1-10(11-4-2-3-5-11)15-13-8-6-12(14)7-9-13/h2-4,6-10H,1H3. The third kappa shape index (κ3) is 2.79. The molecule has 1 aromatic rings. The van der Waals surface area contributed by atoms with Crippen molar-refractivity contribution < 1.29 is 0 Å². The highest BCUT2D eigenvalue weighted by atomic mass is 35.5. The molecule has 2 heteroatoms. The molecular weight excluding hydrogens is 224 g/mol. The molecule has 0 saturated carbocycles. The predicted octanol–water partition coefficient (Wildman–Crippen LogP) is 4.47. The van der Waals surface area contributed by atoms with Crippen LogP contribution in [-0.4, -0.2) is 5.25 Å². The zero-order valence-electron chi connectivity index (χ0n) is 8.41. The minimum absolute atomic E-state index is 0.432. The molecule has 0 fully saturated rings. The molecule has 0 heterocycles. The Balaban J connectivity index is 2.06. The smallest absolute Gasteiger partial charge is 0.0406 e. The van der Waals surface area contributed by atoms with Crippen molar-refractivity contribution in [3.63, 3.8) is 0 Å². The first kappa shape index (κ1) is 10.6. The van der Waals surface area contributed by atoms with E-state index >= 15 is 0 Å². The number of allylic oxidation sites excluding steroid dienone is 2.